The monoisotopic (exact) mass is 426 g/mol. The van der Waals surface area contributed by atoms with Crippen molar-refractivity contribution >= 4 is 11.6 Å². The Morgan fingerprint density at radius 2 is 1.81 bits per heavy atom. The van der Waals surface area contributed by atoms with Gasteiger partial charge in [-0.25, -0.2) is 0 Å². The summed E-state index contributed by atoms with van der Waals surface area (Å²) < 4.78 is 16.2. The normalized spacial score (nSPS) is 16.2. The molecule has 1 aliphatic rings. The first kappa shape index (κ1) is 22.6. The van der Waals surface area contributed by atoms with Crippen LogP contribution in [0.15, 0.2) is 41.4 Å². The number of nitrogens with zero attached hydrogens (tertiary/aromatic N) is 2. The zero-order chi connectivity index (χ0) is 22.2. The highest BCUT2D eigenvalue weighted by Gasteiger charge is 2.24. The van der Waals surface area contributed by atoms with Gasteiger partial charge in [-0.15, -0.1) is 0 Å². The van der Waals surface area contributed by atoms with E-state index in [1.165, 1.54) is 5.56 Å². The van der Waals surface area contributed by atoms with Gasteiger partial charge in [0.2, 0.25) is 0 Å². The predicted molar refractivity (Wildman–Crippen MR) is 126 cm³/mol. The van der Waals surface area contributed by atoms with E-state index in [1.54, 1.807) is 21.3 Å². The quantitative estimate of drug-likeness (QED) is 0.500. The molecule has 0 aliphatic carbocycles. The average molecular weight is 427 g/mol. The number of aliphatic imine (C=N–C) groups is 1. The molecule has 2 aromatic rings. The highest BCUT2D eigenvalue weighted by molar-refractivity contribution is 5.80. The van der Waals surface area contributed by atoms with Crippen LogP contribution in [0.4, 0.5) is 5.69 Å². The van der Waals surface area contributed by atoms with Crippen molar-refractivity contribution in [3.63, 3.8) is 0 Å². The fourth-order valence-electron chi connectivity index (χ4n) is 3.82. The van der Waals surface area contributed by atoms with Gasteiger partial charge in [0.05, 0.1) is 21.3 Å². The van der Waals surface area contributed by atoms with E-state index in [2.05, 4.69) is 45.6 Å². The van der Waals surface area contributed by atoms with Crippen LogP contribution in [-0.4, -0.2) is 60.0 Å². The number of hydrogen-bond acceptors (Lipinski definition) is 5. The number of anilines is 1. The topological polar surface area (TPSA) is 67.4 Å². The number of rotatable bonds is 8. The molecule has 0 bridgehead atoms. The van der Waals surface area contributed by atoms with Gasteiger partial charge in [-0.1, -0.05) is 12.1 Å². The number of ether oxygens (including phenoxy) is 3. The van der Waals surface area contributed by atoms with Crippen LogP contribution < -0.4 is 29.7 Å². The molecule has 168 valence electrons. The maximum Gasteiger partial charge on any atom is 0.191 e. The van der Waals surface area contributed by atoms with Crippen LogP contribution in [0, 0.1) is 6.92 Å². The van der Waals surface area contributed by atoms with Gasteiger partial charge < -0.3 is 29.7 Å². The van der Waals surface area contributed by atoms with Gasteiger partial charge in [0, 0.05) is 56.6 Å². The van der Waals surface area contributed by atoms with E-state index >= 15 is 0 Å². The Kier molecular flexibility index (Phi) is 7.87. The lowest BCUT2D eigenvalue weighted by Gasteiger charge is -2.21. The summed E-state index contributed by atoms with van der Waals surface area (Å²) in [5.41, 5.74) is 3.50. The van der Waals surface area contributed by atoms with E-state index < -0.39 is 0 Å². The van der Waals surface area contributed by atoms with Crippen molar-refractivity contribution in [1.29, 1.82) is 0 Å². The number of benzene rings is 2. The summed E-state index contributed by atoms with van der Waals surface area (Å²) in [4.78, 5) is 6.74. The van der Waals surface area contributed by atoms with Crippen molar-refractivity contribution in [3.8, 4) is 17.2 Å². The maximum atomic E-state index is 5.42. The van der Waals surface area contributed by atoms with Crippen molar-refractivity contribution in [2.24, 2.45) is 4.99 Å². The maximum absolute atomic E-state index is 5.42. The number of methoxy groups -OCH3 is 3. The molecule has 1 atom stereocenters. The first-order chi connectivity index (χ1) is 15.1. The number of aryl methyl sites for hydroxylation is 1. The van der Waals surface area contributed by atoms with Crippen LogP contribution in [0.1, 0.15) is 17.5 Å². The predicted octanol–water partition coefficient (Wildman–Crippen LogP) is 3.01. The van der Waals surface area contributed by atoms with Gasteiger partial charge in [0.25, 0.3) is 0 Å². The van der Waals surface area contributed by atoms with E-state index in [-0.39, 0.29) is 0 Å². The highest BCUT2D eigenvalue weighted by Crippen LogP contribution is 2.30. The molecule has 0 aromatic heterocycles. The van der Waals surface area contributed by atoms with Gasteiger partial charge in [0.15, 0.2) is 5.96 Å². The molecule has 0 radical (unpaired) electrons. The van der Waals surface area contributed by atoms with Crippen molar-refractivity contribution in [2.75, 3.05) is 52.9 Å². The van der Waals surface area contributed by atoms with E-state index in [1.807, 2.05) is 25.2 Å². The third-order valence-electron chi connectivity index (χ3n) is 5.63. The van der Waals surface area contributed by atoms with Crippen LogP contribution in [0.25, 0.3) is 0 Å². The molecule has 31 heavy (non-hydrogen) atoms. The SMILES string of the molecule is CN=C(NCCc1ccc(C)c(OC)c1)NC1CCN(c2cc(OC)cc(OC)c2)C1. The lowest BCUT2D eigenvalue weighted by molar-refractivity contribution is 0.394. The van der Waals surface area contributed by atoms with Crippen molar-refractivity contribution < 1.29 is 14.2 Å². The summed E-state index contributed by atoms with van der Waals surface area (Å²) in [5.74, 6) is 3.36. The molecular weight excluding hydrogens is 392 g/mol. The Bertz CT molecular complexity index is 878. The van der Waals surface area contributed by atoms with Gasteiger partial charge in [-0.3, -0.25) is 4.99 Å². The molecule has 0 amide bonds. The third kappa shape index (κ3) is 5.96. The summed E-state index contributed by atoms with van der Waals surface area (Å²) in [6.45, 7) is 4.72. The molecule has 0 saturated carbocycles. The second kappa shape index (κ2) is 10.8. The Hall–Kier alpha value is -3.09. The molecule has 1 aliphatic heterocycles. The highest BCUT2D eigenvalue weighted by atomic mass is 16.5. The fraction of sp³-hybridized carbons (Fsp3) is 0.458. The molecule has 7 heteroatoms. The molecule has 1 saturated heterocycles. The molecule has 3 rings (SSSR count). The number of nitrogens with one attached hydrogen (secondary N) is 2. The van der Waals surface area contributed by atoms with Gasteiger partial charge in [-0.05, 0) is 37.0 Å². The first-order valence-electron chi connectivity index (χ1n) is 10.6. The van der Waals surface area contributed by atoms with E-state index in [0.717, 1.165) is 66.9 Å². The molecule has 0 spiro atoms. The smallest absolute Gasteiger partial charge is 0.191 e. The number of hydrogen-bond donors (Lipinski definition) is 2. The average Bonchev–Trinajstić information content (AvgIpc) is 3.27. The van der Waals surface area contributed by atoms with E-state index in [4.69, 9.17) is 14.2 Å². The zero-order valence-corrected chi connectivity index (χ0v) is 19.2. The second-order valence-corrected chi connectivity index (χ2v) is 7.70. The van der Waals surface area contributed by atoms with Crippen LogP contribution in [-0.2, 0) is 6.42 Å². The Labute approximate surface area is 185 Å². The second-order valence-electron chi connectivity index (χ2n) is 7.70. The standard InChI is InChI=1S/C24H34N4O3/c1-17-6-7-18(12-23(17)31-5)8-10-26-24(25-2)27-19-9-11-28(16-19)20-13-21(29-3)15-22(14-20)30-4/h6-7,12-15,19H,8-11,16H2,1-5H3,(H2,25,26,27). The summed E-state index contributed by atoms with van der Waals surface area (Å²) in [7, 11) is 6.87. The summed E-state index contributed by atoms with van der Waals surface area (Å²) in [6.07, 6.45) is 1.94. The lowest BCUT2D eigenvalue weighted by Crippen LogP contribution is -2.45. The Balaban J connectivity index is 1.51. The van der Waals surface area contributed by atoms with Crippen LogP contribution in [0.5, 0.6) is 17.2 Å². The molecular formula is C24H34N4O3. The minimum absolute atomic E-state index is 0.322. The van der Waals surface area contributed by atoms with Crippen LogP contribution in [0.3, 0.4) is 0 Å². The third-order valence-corrected chi connectivity index (χ3v) is 5.63. The Morgan fingerprint density at radius 1 is 1.06 bits per heavy atom. The fourth-order valence-corrected chi connectivity index (χ4v) is 3.82. The number of guanidine groups is 1. The molecule has 7 nitrogen and oxygen atoms in total. The van der Waals surface area contributed by atoms with Crippen molar-refractivity contribution in [3.05, 3.63) is 47.5 Å². The molecule has 2 aromatic carbocycles. The van der Waals surface area contributed by atoms with Gasteiger partial charge in [-0.2, -0.15) is 0 Å². The minimum Gasteiger partial charge on any atom is -0.497 e. The largest absolute Gasteiger partial charge is 0.497 e. The van der Waals surface area contributed by atoms with Crippen LogP contribution in [0.2, 0.25) is 0 Å². The Morgan fingerprint density at radius 3 is 2.45 bits per heavy atom. The van der Waals surface area contributed by atoms with Gasteiger partial charge >= 0.3 is 0 Å². The minimum atomic E-state index is 0.322. The molecule has 2 N–H and O–H groups in total. The lowest BCUT2D eigenvalue weighted by atomic mass is 10.1. The molecule has 1 unspecified atom stereocenters. The van der Waals surface area contributed by atoms with Crippen molar-refractivity contribution in [1.82, 2.24) is 10.6 Å². The van der Waals surface area contributed by atoms with E-state index in [9.17, 15) is 0 Å². The zero-order valence-electron chi connectivity index (χ0n) is 19.2. The van der Waals surface area contributed by atoms with Crippen LogP contribution >= 0.6 is 0 Å². The van der Waals surface area contributed by atoms with E-state index in [0.29, 0.717) is 6.04 Å². The first-order valence-corrected chi connectivity index (χ1v) is 10.6. The molecule has 1 fully saturated rings. The molecule has 1 heterocycles. The summed E-state index contributed by atoms with van der Waals surface area (Å²) in [5, 5.41) is 6.98. The van der Waals surface area contributed by atoms with Crippen molar-refractivity contribution in [2.45, 2.75) is 25.8 Å². The summed E-state index contributed by atoms with van der Waals surface area (Å²) in [6, 6.07) is 12.7. The van der Waals surface area contributed by atoms with Gasteiger partial charge in [0.1, 0.15) is 17.2 Å². The summed E-state index contributed by atoms with van der Waals surface area (Å²) >= 11 is 0.